The molecule has 4 rings (SSSR count). The van der Waals surface area contributed by atoms with Crippen LogP contribution in [0.1, 0.15) is 36.8 Å². The normalized spacial score (nSPS) is 21.6. The number of fused-ring (bicyclic) bond motifs is 1. The van der Waals surface area contributed by atoms with Crippen molar-refractivity contribution in [2.45, 2.75) is 31.7 Å². The van der Waals surface area contributed by atoms with Crippen LogP contribution < -0.4 is 0 Å². The molecule has 0 aliphatic carbocycles. The topological polar surface area (TPSA) is 3.24 Å². The van der Waals surface area contributed by atoms with Crippen LogP contribution in [0, 0.1) is 0 Å². The molecule has 2 aromatic carbocycles. The summed E-state index contributed by atoms with van der Waals surface area (Å²) in [5.41, 5.74) is 5.89. The molecule has 2 heterocycles. The molecule has 0 bridgehead atoms. The van der Waals surface area contributed by atoms with Crippen molar-refractivity contribution in [3.05, 3.63) is 77.4 Å². The molecule has 0 spiro atoms. The van der Waals surface area contributed by atoms with Crippen LogP contribution in [-0.2, 0) is 0 Å². The number of hydrogen-bond donors (Lipinski definition) is 0. The van der Waals surface area contributed by atoms with Crippen LogP contribution >= 0.6 is 0 Å². The fourth-order valence-corrected chi connectivity index (χ4v) is 4.12. The van der Waals surface area contributed by atoms with Crippen LogP contribution in [-0.4, -0.2) is 24.0 Å². The second kappa shape index (κ2) is 6.10. The quantitative estimate of drug-likeness (QED) is 0.771. The molecule has 1 atom stereocenters. The van der Waals surface area contributed by atoms with Gasteiger partial charge < -0.3 is 0 Å². The fraction of sp³-hybridized carbons (Fsp3) is 0.333. The van der Waals surface area contributed by atoms with E-state index in [0.29, 0.717) is 6.04 Å². The van der Waals surface area contributed by atoms with E-state index in [9.17, 15) is 0 Å². The van der Waals surface area contributed by atoms with E-state index in [0.717, 1.165) is 0 Å². The number of rotatable bonds is 2. The summed E-state index contributed by atoms with van der Waals surface area (Å²) in [5.74, 6) is 0. The molecule has 1 nitrogen and oxygen atoms in total. The Morgan fingerprint density at radius 3 is 2.05 bits per heavy atom. The summed E-state index contributed by atoms with van der Waals surface area (Å²) in [6.07, 6.45) is 5.31. The van der Waals surface area contributed by atoms with Gasteiger partial charge >= 0.3 is 0 Å². The summed E-state index contributed by atoms with van der Waals surface area (Å²) in [6, 6.07) is 22.6. The Balaban J connectivity index is 1.86. The van der Waals surface area contributed by atoms with Crippen molar-refractivity contribution in [3.8, 4) is 0 Å². The van der Waals surface area contributed by atoms with E-state index in [1.165, 1.54) is 55.5 Å². The van der Waals surface area contributed by atoms with Gasteiger partial charge in [0.25, 0.3) is 0 Å². The third-order valence-corrected chi connectivity index (χ3v) is 5.13. The lowest BCUT2D eigenvalue weighted by Gasteiger charge is -2.31. The zero-order valence-corrected chi connectivity index (χ0v) is 13.0. The molecule has 0 saturated carbocycles. The Hall–Kier alpha value is -1.86. The van der Waals surface area contributed by atoms with E-state index in [2.05, 4.69) is 65.6 Å². The lowest BCUT2D eigenvalue weighted by Crippen LogP contribution is -2.34. The first-order chi connectivity index (χ1) is 10.9. The predicted octanol–water partition coefficient (Wildman–Crippen LogP) is 4.75. The SMILES string of the molecule is c1ccc(C(=C2CCN3CCCCC23)c2ccccc2)cc1. The average molecular weight is 289 g/mol. The molecule has 2 saturated heterocycles. The van der Waals surface area contributed by atoms with Gasteiger partial charge in [0.1, 0.15) is 0 Å². The zero-order valence-electron chi connectivity index (χ0n) is 13.0. The Morgan fingerprint density at radius 2 is 1.41 bits per heavy atom. The minimum atomic E-state index is 0.671. The molecule has 2 aliphatic heterocycles. The summed E-state index contributed by atoms with van der Waals surface area (Å²) < 4.78 is 0. The van der Waals surface area contributed by atoms with E-state index < -0.39 is 0 Å². The first-order valence-corrected chi connectivity index (χ1v) is 8.51. The third kappa shape index (κ3) is 2.50. The molecule has 2 fully saturated rings. The maximum atomic E-state index is 2.70. The average Bonchev–Trinajstić information content (AvgIpc) is 3.01. The van der Waals surface area contributed by atoms with Crippen molar-refractivity contribution >= 4 is 5.57 Å². The minimum absolute atomic E-state index is 0.671. The van der Waals surface area contributed by atoms with E-state index in [1.54, 1.807) is 5.57 Å². The van der Waals surface area contributed by atoms with Gasteiger partial charge in [-0.05, 0) is 48.1 Å². The van der Waals surface area contributed by atoms with E-state index >= 15 is 0 Å². The summed E-state index contributed by atoms with van der Waals surface area (Å²) in [7, 11) is 0. The van der Waals surface area contributed by atoms with Gasteiger partial charge in [-0.1, -0.05) is 67.1 Å². The number of hydrogen-bond acceptors (Lipinski definition) is 1. The highest BCUT2D eigenvalue weighted by atomic mass is 15.2. The zero-order chi connectivity index (χ0) is 14.8. The lowest BCUT2D eigenvalue weighted by molar-refractivity contribution is 0.213. The Kier molecular flexibility index (Phi) is 3.82. The Bertz CT molecular complexity index is 615. The molecule has 1 heteroatoms. The van der Waals surface area contributed by atoms with Crippen molar-refractivity contribution in [2.75, 3.05) is 13.1 Å². The van der Waals surface area contributed by atoms with Gasteiger partial charge in [-0.3, -0.25) is 4.90 Å². The Labute approximate surface area is 133 Å². The van der Waals surface area contributed by atoms with Crippen LogP contribution in [0.5, 0.6) is 0 Å². The third-order valence-electron chi connectivity index (χ3n) is 5.13. The van der Waals surface area contributed by atoms with Gasteiger partial charge in [-0.2, -0.15) is 0 Å². The first kappa shape index (κ1) is 13.8. The molecule has 0 radical (unpaired) electrons. The van der Waals surface area contributed by atoms with Gasteiger partial charge in [0.15, 0.2) is 0 Å². The number of benzene rings is 2. The van der Waals surface area contributed by atoms with Gasteiger partial charge in [0.2, 0.25) is 0 Å². The maximum Gasteiger partial charge on any atom is 0.0317 e. The number of nitrogens with zero attached hydrogens (tertiary/aromatic N) is 1. The van der Waals surface area contributed by atoms with Gasteiger partial charge in [0, 0.05) is 12.6 Å². The van der Waals surface area contributed by atoms with Crippen molar-refractivity contribution in [1.29, 1.82) is 0 Å². The van der Waals surface area contributed by atoms with Crippen molar-refractivity contribution in [2.24, 2.45) is 0 Å². The highest BCUT2D eigenvalue weighted by molar-refractivity contribution is 5.83. The van der Waals surface area contributed by atoms with E-state index in [1.807, 2.05) is 0 Å². The van der Waals surface area contributed by atoms with Crippen LogP contribution in [0.3, 0.4) is 0 Å². The molecule has 1 unspecified atom stereocenters. The standard InChI is InChI=1S/C21H23N/c1-3-9-17(10-4-1)21(18-11-5-2-6-12-18)19-14-16-22-15-8-7-13-20(19)22/h1-6,9-12,20H,7-8,13-16H2. The summed E-state index contributed by atoms with van der Waals surface area (Å²) in [5, 5.41) is 0. The molecule has 22 heavy (non-hydrogen) atoms. The van der Waals surface area contributed by atoms with Gasteiger partial charge in [-0.15, -0.1) is 0 Å². The summed E-state index contributed by atoms with van der Waals surface area (Å²) in [4.78, 5) is 2.70. The van der Waals surface area contributed by atoms with Crippen LogP contribution in [0.15, 0.2) is 66.2 Å². The van der Waals surface area contributed by atoms with Crippen LogP contribution in [0.2, 0.25) is 0 Å². The van der Waals surface area contributed by atoms with Gasteiger partial charge in [0.05, 0.1) is 0 Å². The fourth-order valence-electron chi connectivity index (χ4n) is 4.12. The van der Waals surface area contributed by atoms with E-state index in [-0.39, 0.29) is 0 Å². The second-order valence-electron chi connectivity index (χ2n) is 6.43. The smallest absolute Gasteiger partial charge is 0.0317 e. The Morgan fingerprint density at radius 1 is 0.773 bits per heavy atom. The van der Waals surface area contributed by atoms with Crippen molar-refractivity contribution < 1.29 is 0 Å². The molecule has 2 aliphatic rings. The van der Waals surface area contributed by atoms with Crippen LogP contribution in [0.25, 0.3) is 5.57 Å². The maximum absolute atomic E-state index is 2.70. The molecule has 0 aromatic heterocycles. The molecule has 0 amide bonds. The highest BCUT2D eigenvalue weighted by Gasteiger charge is 2.33. The first-order valence-electron chi connectivity index (χ1n) is 8.51. The van der Waals surface area contributed by atoms with Crippen molar-refractivity contribution in [1.82, 2.24) is 4.90 Å². The predicted molar refractivity (Wildman–Crippen MR) is 92.7 cm³/mol. The molecule has 112 valence electrons. The largest absolute Gasteiger partial charge is 0.296 e. The lowest BCUT2D eigenvalue weighted by atomic mass is 9.87. The highest BCUT2D eigenvalue weighted by Crippen LogP contribution is 2.38. The van der Waals surface area contributed by atoms with Gasteiger partial charge in [-0.25, -0.2) is 0 Å². The summed E-state index contributed by atoms with van der Waals surface area (Å²) >= 11 is 0. The molecule has 0 N–H and O–H groups in total. The second-order valence-corrected chi connectivity index (χ2v) is 6.43. The molecular formula is C21H23N. The van der Waals surface area contributed by atoms with Crippen LogP contribution in [0.4, 0.5) is 0 Å². The summed E-state index contributed by atoms with van der Waals surface area (Å²) in [6.45, 7) is 2.52. The molecule has 2 aromatic rings. The monoisotopic (exact) mass is 289 g/mol. The number of piperidine rings is 1. The molecular weight excluding hydrogens is 266 g/mol. The van der Waals surface area contributed by atoms with E-state index in [4.69, 9.17) is 0 Å². The minimum Gasteiger partial charge on any atom is -0.296 e. The van der Waals surface area contributed by atoms with Crippen molar-refractivity contribution in [3.63, 3.8) is 0 Å².